The normalized spacial score (nSPS) is 23.2. The minimum atomic E-state index is -3.08. The average Bonchev–Trinajstić information content (AvgIpc) is 2.60. The predicted molar refractivity (Wildman–Crippen MR) is 81.0 cm³/mol. The average molecular weight is 318 g/mol. The van der Waals surface area contributed by atoms with Crippen LogP contribution in [0.15, 0.2) is 0 Å². The molecule has 1 aliphatic heterocycles. The maximum atomic E-state index is 12.3. The molecule has 7 heteroatoms. The molecule has 1 atom stereocenters. The van der Waals surface area contributed by atoms with Crippen LogP contribution in [0.4, 0.5) is 4.79 Å². The molecule has 0 aromatic carbocycles. The lowest BCUT2D eigenvalue weighted by atomic mass is 9.69. The van der Waals surface area contributed by atoms with Gasteiger partial charge in [0.15, 0.2) is 9.84 Å². The van der Waals surface area contributed by atoms with Crippen LogP contribution in [-0.2, 0) is 14.6 Å². The number of rotatable bonds is 4. The molecule has 1 saturated carbocycles. The first kappa shape index (κ1) is 16.5. The number of urea groups is 1. The van der Waals surface area contributed by atoms with Gasteiger partial charge in [0.05, 0.1) is 19.0 Å². The second kappa shape index (κ2) is 6.52. The summed E-state index contributed by atoms with van der Waals surface area (Å²) in [5.41, 5.74) is 0.132. The molecule has 1 unspecified atom stereocenters. The number of carbonyl (C=O) groups is 1. The Morgan fingerprint density at radius 3 is 2.71 bits per heavy atom. The van der Waals surface area contributed by atoms with Crippen LogP contribution in [0.3, 0.4) is 0 Å². The van der Waals surface area contributed by atoms with Gasteiger partial charge in [0.1, 0.15) is 0 Å². The molecule has 21 heavy (non-hydrogen) atoms. The van der Waals surface area contributed by atoms with E-state index in [1.54, 1.807) is 18.7 Å². The molecule has 1 spiro atoms. The number of hydrogen-bond donors (Lipinski definition) is 1. The molecule has 2 rings (SSSR count). The molecule has 1 N–H and O–H groups in total. The third-order valence-corrected chi connectivity index (χ3v) is 6.34. The summed E-state index contributed by atoms with van der Waals surface area (Å²) in [6.07, 6.45) is 3.41. The highest BCUT2D eigenvalue weighted by molar-refractivity contribution is 7.91. The molecule has 122 valence electrons. The van der Waals surface area contributed by atoms with Gasteiger partial charge in [-0.1, -0.05) is 13.3 Å². The van der Waals surface area contributed by atoms with Gasteiger partial charge in [-0.3, -0.25) is 0 Å². The second-order valence-corrected chi connectivity index (χ2v) is 8.77. The number of amides is 2. The highest BCUT2D eigenvalue weighted by atomic mass is 32.2. The Morgan fingerprint density at radius 2 is 2.14 bits per heavy atom. The number of nitrogens with zero attached hydrogens (tertiary/aromatic N) is 1. The fraction of sp³-hybridized carbons (Fsp3) is 0.929. The third-order valence-electron chi connectivity index (χ3n) is 4.46. The summed E-state index contributed by atoms with van der Waals surface area (Å²) in [6, 6.07) is -0.547. The van der Waals surface area contributed by atoms with Gasteiger partial charge in [-0.25, -0.2) is 13.2 Å². The van der Waals surface area contributed by atoms with E-state index in [2.05, 4.69) is 5.32 Å². The van der Waals surface area contributed by atoms with Crippen LogP contribution in [0.1, 0.15) is 33.1 Å². The topological polar surface area (TPSA) is 75.7 Å². The van der Waals surface area contributed by atoms with E-state index in [9.17, 15) is 13.2 Å². The zero-order chi connectivity index (χ0) is 15.5. The first-order chi connectivity index (χ1) is 9.86. The van der Waals surface area contributed by atoms with E-state index >= 15 is 0 Å². The number of hydrogen-bond acceptors (Lipinski definition) is 4. The molecule has 1 saturated heterocycles. The highest BCUT2D eigenvalue weighted by Crippen LogP contribution is 2.42. The van der Waals surface area contributed by atoms with Gasteiger partial charge in [-0.15, -0.1) is 0 Å². The van der Waals surface area contributed by atoms with Crippen LogP contribution in [0, 0.1) is 5.41 Å². The molecular formula is C14H26N2O4S. The largest absolute Gasteiger partial charge is 0.379 e. The van der Waals surface area contributed by atoms with Crippen molar-refractivity contribution in [2.75, 3.05) is 37.8 Å². The number of ether oxygens (including phenoxy) is 1. The Labute approximate surface area is 127 Å². The van der Waals surface area contributed by atoms with Gasteiger partial charge in [-0.05, 0) is 19.8 Å². The van der Waals surface area contributed by atoms with Crippen molar-refractivity contribution in [1.29, 1.82) is 0 Å². The van der Waals surface area contributed by atoms with E-state index < -0.39 is 9.84 Å². The van der Waals surface area contributed by atoms with Crippen LogP contribution in [-0.4, -0.2) is 63.2 Å². The smallest absolute Gasteiger partial charge is 0.317 e. The van der Waals surface area contributed by atoms with E-state index in [0.29, 0.717) is 19.7 Å². The maximum absolute atomic E-state index is 12.3. The first-order valence-corrected chi connectivity index (χ1v) is 9.52. The molecule has 2 aliphatic rings. The zero-order valence-electron chi connectivity index (χ0n) is 12.9. The Kier molecular flexibility index (Phi) is 5.14. The molecule has 0 aromatic heterocycles. The molecule has 0 radical (unpaired) electrons. The van der Waals surface area contributed by atoms with E-state index in [1.165, 1.54) is 6.42 Å². The first-order valence-electron chi connectivity index (χ1n) is 7.69. The fourth-order valence-electron chi connectivity index (χ4n) is 2.99. The highest BCUT2D eigenvalue weighted by Gasteiger charge is 2.41. The van der Waals surface area contributed by atoms with E-state index in [4.69, 9.17) is 4.74 Å². The lowest BCUT2D eigenvalue weighted by Crippen LogP contribution is -2.51. The van der Waals surface area contributed by atoms with Crippen molar-refractivity contribution in [2.45, 2.75) is 39.2 Å². The summed E-state index contributed by atoms with van der Waals surface area (Å²) in [5, 5.41) is 2.81. The predicted octanol–water partition coefficient (Wildman–Crippen LogP) is 1.02. The van der Waals surface area contributed by atoms with Gasteiger partial charge >= 0.3 is 6.03 Å². The Balaban J connectivity index is 1.89. The minimum absolute atomic E-state index is 0.00920. The van der Waals surface area contributed by atoms with Gasteiger partial charge in [-0.2, -0.15) is 0 Å². The zero-order valence-corrected chi connectivity index (χ0v) is 13.7. The molecule has 1 heterocycles. The van der Waals surface area contributed by atoms with Gasteiger partial charge in [0, 0.05) is 30.3 Å². The summed E-state index contributed by atoms with van der Waals surface area (Å²) < 4.78 is 28.8. The molecule has 1 aliphatic carbocycles. The quantitative estimate of drug-likeness (QED) is 0.840. The van der Waals surface area contributed by atoms with Crippen LogP contribution in [0.2, 0.25) is 0 Å². The van der Waals surface area contributed by atoms with Crippen molar-refractivity contribution in [3.05, 3.63) is 0 Å². The Bertz CT molecular complexity index is 473. The SMILES string of the molecule is CCS(=O)(=O)CC(C)NC(=O)N1CCOCC2(CCC2)C1. The van der Waals surface area contributed by atoms with E-state index in [1.807, 2.05) is 0 Å². The fourth-order valence-corrected chi connectivity index (χ4v) is 4.07. The molecule has 0 aromatic rings. The van der Waals surface area contributed by atoms with Gasteiger partial charge < -0.3 is 15.0 Å². The molecular weight excluding hydrogens is 292 g/mol. The lowest BCUT2D eigenvalue weighted by molar-refractivity contribution is 0.0126. The Morgan fingerprint density at radius 1 is 1.43 bits per heavy atom. The van der Waals surface area contributed by atoms with Crippen molar-refractivity contribution in [2.24, 2.45) is 5.41 Å². The van der Waals surface area contributed by atoms with E-state index in [-0.39, 0.29) is 29.0 Å². The summed E-state index contributed by atoms with van der Waals surface area (Å²) >= 11 is 0. The summed E-state index contributed by atoms with van der Waals surface area (Å²) in [7, 11) is -3.08. The van der Waals surface area contributed by atoms with Crippen LogP contribution in [0.25, 0.3) is 0 Å². The molecule has 2 fully saturated rings. The lowest BCUT2D eigenvalue weighted by Gasteiger charge is -2.42. The van der Waals surface area contributed by atoms with Gasteiger partial charge in [0.2, 0.25) is 0 Å². The van der Waals surface area contributed by atoms with Crippen LogP contribution in [0.5, 0.6) is 0 Å². The van der Waals surface area contributed by atoms with E-state index in [0.717, 1.165) is 19.4 Å². The van der Waals surface area contributed by atoms with Crippen molar-refractivity contribution < 1.29 is 17.9 Å². The summed E-state index contributed by atoms with van der Waals surface area (Å²) in [4.78, 5) is 14.1. The van der Waals surface area contributed by atoms with Crippen molar-refractivity contribution in [3.8, 4) is 0 Å². The van der Waals surface area contributed by atoms with Crippen molar-refractivity contribution in [1.82, 2.24) is 10.2 Å². The maximum Gasteiger partial charge on any atom is 0.317 e. The summed E-state index contributed by atoms with van der Waals surface area (Å²) in [5.74, 6) is 0.0958. The Hall–Kier alpha value is -0.820. The monoisotopic (exact) mass is 318 g/mol. The number of sulfone groups is 1. The molecule has 2 amide bonds. The minimum Gasteiger partial charge on any atom is -0.379 e. The van der Waals surface area contributed by atoms with Crippen LogP contribution < -0.4 is 5.32 Å². The summed E-state index contributed by atoms with van der Waals surface area (Å²) in [6.45, 7) is 5.93. The van der Waals surface area contributed by atoms with Crippen LogP contribution >= 0.6 is 0 Å². The molecule has 0 bridgehead atoms. The van der Waals surface area contributed by atoms with Gasteiger partial charge in [0.25, 0.3) is 0 Å². The third kappa shape index (κ3) is 4.32. The number of nitrogens with one attached hydrogen (secondary N) is 1. The number of carbonyl (C=O) groups excluding carboxylic acids is 1. The van der Waals surface area contributed by atoms with Crippen molar-refractivity contribution >= 4 is 15.9 Å². The van der Waals surface area contributed by atoms with Crippen molar-refractivity contribution in [3.63, 3.8) is 0 Å². The standard InChI is InChI=1S/C14H26N2O4S/c1-3-21(18,19)9-12(2)15-13(17)16-7-8-20-11-14(10-16)5-4-6-14/h12H,3-11H2,1-2H3,(H,15,17). The molecule has 6 nitrogen and oxygen atoms in total. The second-order valence-electron chi connectivity index (χ2n) is 6.38.